The van der Waals surface area contributed by atoms with E-state index >= 15 is 0 Å². The first-order chi connectivity index (χ1) is 11.2. The molecule has 0 aromatic heterocycles. The molecule has 2 N–H and O–H groups in total. The fraction of sp³-hybridized carbons (Fsp3) is 0.222. The van der Waals surface area contributed by atoms with Gasteiger partial charge in [-0.05, 0) is 23.3 Å². The average molecular weight is 310 g/mol. The fourth-order valence-electron chi connectivity index (χ4n) is 2.68. The Kier molecular flexibility index (Phi) is 4.28. The summed E-state index contributed by atoms with van der Waals surface area (Å²) < 4.78 is 5.25. The molecule has 0 unspecified atom stereocenters. The molecule has 118 valence electrons. The van der Waals surface area contributed by atoms with E-state index < -0.39 is 0 Å². The Hall–Kier alpha value is -2.82. The molecular formula is C18H18N2O3. The van der Waals surface area contributed by atoms with E-state index in [2.05, 4.69) is 10.6 Å². The summed E-state index contributed by atoms with van der Waals surface area (Å²) in [5.41, 5.74) is 3.68. The molecule has 1 aliphatic heterocycles. The van der Waals surface area contributed by atoms with Crippen molar-refractivity contribution in [1.82, 2.24) is 5.32 Å². The Morgan fingerprint density at radius 3 is 2.91 bits per heavy atom. The maximum absolute atomic E-state index is 12.1. The lowest BCUT2D eigenvalue weighted by atomic mass is 10.1. The van der Waals surface area contributed by atoms with Gasteiger partial charge in [-0.15, -0.1) is 0 Å². The highest BCUT2D eigenvalue weighted by Gasteiger charge is 2.17. The zero-order valence-electron chi connectivity index (χ0n) is 12.9. The van der Waals surface area contributed by atoms with Crippen LogP contribution in [0.3, 0.4) is 0 Å². The van der Waals surface area contributed by atoms with E-state index in [1.54, 1.807) is 7.11 Å². The van der Waals surface area contributed by atoms with E-state index in [0.717, 1.165) is 22.4 Å². The lowest BCUT2D eigenvalue weighted by molar-refractivity contribution is -0.120. The number of benzene rings is 2. The lowest BCUT2D eigenvalue weighted by Crippen LogP contribution is -2.24. The van der Waals surface area contributed by atoms with E-state index in [1.807, 2.05) is 42.5 Å². The largest absolute Gasteiger partial charge is 0.496 e. The SMILES string of the molecule is COc1ccccc1CC(=O)NCc1ccc2c(c1)CC(=O)N2. The van der Waals surface area contributed by atoms with Crippen molar-refractivity contribution in [3.8, 4) is 5.75 Å². The second kappa shape index (κ2) is 6.52. The van der Waals surface area contributed by atoms with Gasteiger partial charge >= 0.3 is 0 Å². The molecule has 2 aromatic carbocycles. The van der Waals surface area contributed by atoms with E-state index in [4.69, 9.17) is 4.74 Å². The van der Waals surface area contributed by atoms with Gasteiger partial charge in [-0.3, -0.25) is 9.59 Å². The molecule has 5 heteroatoms. The highest BCUT2D eigenvalue weighted by molar-refractivity contribution is 5.99. The molecule has 0 atom stereocenters. The molecule has 3 rings (SSSR count). The van der Waals surface area contributed by atoms with Crippen molar-refractivity contribution in [3.63, 3.8) is 0 Å². The van der Waals surface area contributed by atoms with E-state index in [0.29, 0.717) is 18.7 Å². The minimum Gasteiger partial charge on any atom is -0.496 e. The number of amides is 2. The van der Waals surface area contributed by atoms with Gasteiger partial charge in [0.25, 0.3) is 0 Å². The third kappa shape index (κ3) is 3.51. The molecule has 2 aromatic rings. The third-order valence-electron chi connectivity index (χ3n) is 3.83. The van der Waals surface area contributed by atoms with Crippen LogP contribution in [0, 0.1) is 0 Å². The van der Waals surface area contributed by atoms with Gasteiger partial charge in [0, 0.05) is 17.8 Å². The molecule has 23 heavy (non-hydrogen) atoms. The lowest BCUT2D eigenvalue weighted by Gasteiger charge is -2.09. The van der Waals surface area contributed by atoms with Gasteiger partial charge in [-0.2, -0.15) is 0 Å². The minimum absolute atomic E-state index is 0.0114. The van der Waals surface area contributed by atoms with Crippen LogP contribution in [-0.4, -0.2) is 18.9 Å². The van der Waals surface area contributed by atoms with Crippen molar-refractivity contribution in [2.24, 2.45) is 0 Å². The summed E-state index contributed by atoms with van der Waals surface area (Å²) in [5, 5.41) is 5.70. The maximum atomic E-state index is 12.1. The van der Waals surface area contributed by atoms with Gasteiger partial charge in [0.2, 0.25) is 11.8 Å². The molecule has 0 saturated carbocycles. The smallest absolute Gasteiger partial charge is 0.228 e. The molecule has 0 radical (unpaired) electrons. The number of fused-ring (bicyclic) bond motifs is 1. The number of anilines is 1. The van der Waals surface area contributed by atoms with Gasteiger partial charge < -0.3 is 15.4 Å². The Balaban J connectivity index is 1.59. The standard InChI is InChI=1S/C18H18N2O3/c1-23-16-5-3-2-4-13(16)9-17(21)19-11-12-6-7-15-14(8-12)10-18(22)20-15/h2-8H,9-11H2,1H3,(H,19,21)(H,20,22). The van der Waals surface area contributed by atoms with Crippen LogP contribution in [0.5, 0.6) is 5.75 Å². The zero-order valence-corrected chi connectivity index (χ0v) is 12.9. The third-order valence-corrected chi connectivity index (χ3v) is 3.83. The molecule has 0 aliphatic carbocycles. The normalized spacial score (nSPS) is 12.5. The number of hydrogen-bond acceptors (Lipinski definition) is 3. The van der Waals surface area contributed by atoms with Gasteiger partial charge in [0.15, 0.2) is 0 Å². The van der Waals surface area contributed by atoms with E-state index in [-0.39, 0.29) is 18.2 Å². The Labute approximate surface area is 134 Å². The molecule has 5 nitrogen and oxygen atoms in total. The van der Waals surface area contributed by atoms with Gasteiger partial charge in [-0.1, -0.05) is 30.3 Å². The van der Waals surface area contributed by atoms with E-state index in [1.165, 1.54) is 0 Å². The summed E-state index contributed by atoms with van der Waals surface area (Å²) in [6, 6.07) is 13.2. The van der Waals surface area contributed by atoms with Gasteiger partial charge in [-0.25, -0.2) is 0 Å². The first-order valence-electron chi connectivity index (χ1n) is 7.46. The Morgan fingerprint density at radius 1 is 1.26 bits per heavy atom. The minimum atomic E-state index is -0.0656. The fourth-order valence-corrected chi connectivity index (χ4v) is 2.68. The summed E-state index contributed by atoms with van der Waals surface area (Å²) in [4.78, 5) is 23.5. The van der Waals surface area contributed by atoms with Crippen LogP contribution < -0.4 is 15.4 Å². The molecule has 0 spiro atoms. The predicted molar refractivity (Wildman–Crippen MR) is 87.3 cm³/mol. The summed E-state index contributed by atoms with van der Waals surface area (Å²) >= 11 is 0. The maximum Gasteiger partial charge on any atom is 0.228 e. The topological polar surface area (TPSA) is 67.4 Å². The highest BCUT2D eigenvalue weighted by atomic mass is 16.5. The molecule has 1 heterocycles. The highest BCUT2D eigenvalue weighted by Crippen LogP contribution is 2.23. The van der Waals surface area contributed by atoms with Crippen LogP contribution in [0.4, 0.5) is 5.69 Å². The monoisotopic (exact) mass is 310 g/mol. The number of carbonyl (C=O) groups is 2. The van der Waals surface area contributed by atoms with Crippen LogP contribution in [-0.2, 0) is 29.0 Å². The van der Waals surface area contributed by atoms with Crippen molar-refractivity contribution in [2.45, 2.75) is 19.4 Å². The molecule has 0 fully saturated rings. The van der Waals surface area contributed by atoms with Crippen molar-refractivity contribution >= 4 is 17.5 Å². The van der Waals surface area contributed by atoms with Gasteiger partial charge in [0.05, 0.1) is 20.0 Å². The molecule has 0 saturated heterocycles. The predicted octanol–water partition coefficient (Wildman–Crippen LogP) is 2.05. The van der Waals surface area contributed by atoms with Crippen LogP contribution in [0.25, 0.3) is 0 Å². The van der Waals surface area contributed by atoms with Crippen molar-refractivity contribution in [1.29, 1.82) is 0 Å². The second-order valence-electron chi connectivity index (χ2n) is 5.48. The van der Waals surface area contributed by atoms with Crippen LogP contribution >= 0.6 is 0 Å². The summed E-state index contributed by atoms with van der Waals surface area (Å²) in [6.07, 6.45) is 0.674. The first-order valence-corrected chi connectivity index (χ1v) is 7.46. The van der Waals surface area contributed by atoms with Crippen molar-refractivity contribution < 1.29 is 14.3 Å². The summed E-state index contributed by atoms with van der Waals surface area (Å²) in [5.74, 6) is 0.659. The van der Waals surface area contributed by atoms with Gasteiger partial charge in [0.1, 0.15) is 5.75 Å². The molecule has 0 bridgehead atoms. The Morgan fingerprint density at radius 2 is 2.09 bits per heavy atom. The van der Waals surface area contributed by atoms with Crippen LogP contribution in [0.15, 0.2) is 42.5 Å². The Bertz CT molecular complexity index is 756. The quantitative estimate of drug-likeness (QED) is 0.888. The average Bonchev–Trinajstić information content (AvgIpc) is 2.92. The first kappa shape index (κ1) is 15.1. The number of hydrogen-bond donors (Lipinski definition) is 2. The summed E-state index contributed by atoms with van der Waals surface area (Å²) in [6.45, 7) is 0.440. The number of para-hydroxylation sites is 1. The number of nitrogens with one attached hydrogen (secondary N) is 2. The molecular weight excluding hydrogens is 292 g/mol. The van der Waals surface area contributed by atoms with Crippen LogP contribution in [0.2, 0.25) is 0 Å². The number of ether oxygens (including phenoxy) is 1. The zero-order chi connectivity index (χ0) is 16.2. The molecule has 2 amide bonds. The second-order valence-corrected chi connectivity index (χ2v) is 5.48. The van der Waals surface area contributed by atoms with E-state index in [9.17, 15) is 9.59 Å². The van der Waals surface area contributed by atoms with Crippen molar-refractivity contribution in [3.05, 3.63) is 59.2 Å². The van der Waals surface area contributed by atoms with Crippen LogP contribution in [0.1, 0.15) is 16.7 Å². The number of carbonyl (C=O) groups excluding carboxylic acids is 2. The summed E-state index contributed by atoms with van der Waals surface area (Å²) in [7, 11) is 1.59. The molecule has 1 aliphatic rings. The van der Waals surface area contributed by atoms with Crippen molar-refractivity contribution in [2.75, 3.05) is 12.4 Å². The number of rotatable bonds is 5. The number of methoxy groups -OCH3 is 1.